The standard InChI is InChI=1S/C52H92N2O2/c1-33-11-15-35(16-12-33)53(37-19-23-39(55-9)24-20-37)47-31-45(51(3,4)5)41-28-30-44-48(32-46(52(6,7)8)42-27-29-43(47)49(41)50(42)44)54(36-17-13-34(2)14-18-36)38-21-25-40(56-10)26-22-38/h33-50H,11-32H2,1-10H3. The largest absolute Gasteiger partial charge is 0.381 e. The van der Waals surface area contributed by atoms with Crippen LogP contribution < -0.4 is 0 Å². The number of hydrogen-bond acceptors (Lipinski definition) is 4. The summed E-state index contributed by atoms with van der Waals surface area (Å²) in [4.78, 5) is 6.74. The van der Waals surface area contributed by atoms with E-state index in [0.717, 1.165) is 95.4 Å². The first-order chi connectivity index (χ1) is 26.8. The number of hydrogen-bond donors (Lipinski definition) is 0. The third kappa shape index (κ3) is 8.39. The molecule has 8 aliphatic rings. The van der Waals surface area contributed by atoms with Crippen LogP contribution in [0.2, 0.25) is 0 Å². The van der Waals surface area contributed by atoms with Crippen LogP contribution in [-0.2, 0) is 9.47 Å². The van der Waals surface area contributed by atoms with Crippen LogP contribution in [0.25, 0.3) is 0 Å². The van der Waals surface area contributed by atoms with Crippen molar-refractivity contribution in [1.29, 1.82) is 0 Å². The highest BCUT2D eigenvalue weighted by atomic mass is 16.5. The van der Waals surface area contributed by atoms with Crippen molar-refractivity contribution in [2.24, 2.45) is 70.0 Å². The fraction of sp³-hybridized carbons (Fsp3) is 1.00. The normalized spacial score (nSPS) is 47.8. The summed E-state index contributed by atoms with van der Waals surface area (Å²) >= 11 is 0. The maximum absolute atomic E-state index is 6.01. The molecule has 0 aromatic rings. The second-order valence-electron chi connectivity index (χ2n) is 24.6. The Balaban J connectivity index is 1.18. The highest BCUT2D eigenvalue weighted by molar-refractivity contribution is 5.14. The van der Waals surface area contributed by atoms with E-state index in [1.54, 1.807) is 0 Å². The van der Waals surface area contributed by atoms with E-state index in [-0.39, 0.29) is 0 Å². The summed E-state index contributed by atoms with van der Waals surface area (Å²) in [5.41, 5.74) is 0.743. The maximum Gasteiger partial charge on any atom is 0.0572 e. The number of nitrogens with zero attached hydrogens (tertiary/aromatic N) is 2. The minimum atomic E-state index is 0.371. The Morgan fingerprint density at radius 3 is 0.946 bits per heavy atom. The molecule has 0 N–H and O–H groups in total. The Labute approximate surface area is 347 Å². The summed E-state index contributed by atoms with van der Waals surface area (Å²) in [5, 5.41) is 0. The molecule has 4 heteroatoms. The van der Waals surface area contributed by atoms with Gasteiger partial charge in [0.2, 0.25) is 0 Å². The minimum Gasteiger partial charge on any atom is -0.381 e. The Bertz CT molecular complexity index is 1140. The van der Waals surface area contributed by atoms with E-state index in [1.165, 1.54) is 141 Å². The van der Waals surface area contributed by atoms with Gasteiger partial charge in [-0.25, -0.2) is 0 Å². The highest BCUT2D eigenvalue weighted by Crippen LogP contribution is 2.67. The lowest BCUT2D eigenvalue weighted by Gasteiger charge is -2.69. The molecular weight excluding hydrogens is 685 g/mol. The predicted octanol–water partition coefficient (Wildman–Crippen LogP) is 12.8. The zero-order valence-electron chi connectivity index (χ0n) is 38.7. The van der Waals surface area contributed by atoms with Gasteiger partial charge in [0, 0.05) is 50.5 Å². The Morgan fingerprint density at radius 2 is 0.661 bits per heavy atom. The van der Waals surface area contributed by atoms with Crippen LogP contribution in [0.3, 0.4) is 0 Å². The Hall–Kier alpha value is -0.160. The molecule has 56 heavy (non-hydrogen) atoms. The van der Waals surface area contributed by atoms with Gasteiger partial charge in [-0.05, 0) is 211 Å². The molecule has 0 aromatic carbocycles. The summed E-state index contributed by atoms with van der Waals surface area (Å²) in [7, 11) is 3.95. The van der Waals surface area contributed by atoms with Crippen molar-refractivity contribution in [3.8, 4) is 0 Å². The van der Waals surface area contributed by atoms with E-state index in [4.69, 9.17) is 9.47 Å². The second kappa shape index (κ2) is 17.3. The number of ether oxygens (including phenoxy) is 2. The fourth-order valence-corrected chi connectivity index (χ4v) is 17.0. The number of rotatable bonds is 8. The molecule has 0 radical (unpaired) electrons. The molecule has 0 amide bonds. The molecule has 8 fully saturated rings. The van der Waals surface area contributed by atoms with E-state index < -0.39 is 0 Å². The van der Waals surface area contributed by atoms with Crippen molar-refractivity contribution < 1.29 is 9.47 Å². The van der Waals surface area contributed by atoms with Crippen molar-refractivity contribution in [2.45, 2.75) is 245 Å². The van der Waals surface area contributed by atoms with Crippen LogP contribution in [0, 0.1) is 70.0 Å². The van der Waals surface area contributed by atoms with Gasteiger partial charge in [-0.2, -0.15) is 0 Å². The number of methoxy groups -OCH3 is 2. The molecule has 0 aromatic heterocycles. The smallest absolute Gasteiger partial charge is 0.0572 e. The van der Waals surface area contributed by atoms with Crippen LogP contribution in [0.15, 0.2) is 0 Å². The summed E-state index contributed by atoms with van der Waals surface area (Å²) in [6.45, 7) is 21.1. The molecule has 10 unspecified atom stereocenters. The maximum atomic E-state index is 6.01. The van der Waals surface area contributed by atoms with Gasteiger partial charge in [-0.1, -0.05) is 55.4 Å². The van der Waals surface area contributed by atoms with Crippen molar-refractivity contribution in [2.75, 3.05) is 14.2 Å². The molecule has 10 atom stereocenters. The lowest BCUT2D eigenvalue weighted by atomic mass is 9.40. The summed E-state index contributed by atoms with van der Waals surface area (Å²) in [5.74, 6) is 9.06. The molecule has 0 bridgehead atoms. The van der Waals surface area contributed by atoms with Crippen molar-refractivity contribution in [3.05, 3.63) is 0 Å². The van der Waals surface area contributed by atoms with Gasteiger partial charge in [0.1, 0.15) is 0 Å². The zero-order valence-corrected chi connectivity index (χ0v) is 38.7. The van der Waals surface area contributed by atoms with Gasteiger partial charge in [0.05, 0.1) is 12.2 Å². The van der Waals surface area contributed by atoms with Gasteiger partial charge in [0.15, 0.2) is 0 Å². The monoisotopic (exact) mass is 777 g/mol. The van der Waals surface area contributed by atoms with Crippen molar-refractivity contribution in [3.63, 3.8) is 0 Å². The molecular formula is C52H92N2O2. The molecule has 322 valence electrons. The third-order valence-electron chi connectivity index (χ3n) is 19.7. The third-order valence-corrected chi connectivity index (χ3v) is 19.7. The highest BCUT2D eigenvalue weighted by Gasteiger charge is 2.63. The molecule has 0 heterocycles. The van der Waals surface area contributed by atoms with Gasteiger partial charge in [-0.3, -0.25) is 9.80 Å². The van der Waals surface area contributed by atoms with E-state index in [2.05, 4.69) is 65.2 Å². The van der Waals surface area contributed by atoms with Gasteiger partial charge in [0.25, 0.3) is 0 Å². The molecule has 8 saturated carbocycles. The van der Waals surface area contributed by atoms with E-state index in [9.17, 15) is 0 Å². The fourth-order valence-electron chi connectivity index (χ4n) is 17.0. The van der Waals surface area contributed by atoms with Crippen LogP contribution in [0.5, 0.6) is 0 Å². The first-order valence-corrected chi connectivity index (χ1v) is 25.4. The van der Waals surface area contributed by atoms with E-state index in [1.807, 2.05) is 14.2 Å². The van der Waals surface area contributed by atoms with E-state index >= 15 is 0 Å². The summed E-state index contributed by atoms with van der Waals surface area (Å²) in [6, 6.07) is 4.73. The van der Waals surface area contributed by atoms with Gasteiger partial charge < -0.3 is 9.47 Å². The Kier molecular flexibility index (Phi) is 13.1. The lowest BCUT2D eigenvalue weighted by Crippen LogP contribution is -2.68. The van der Waals surface area contributed by atoms with Crippen LogP contribution in [0.4, 0.5) is 0 Å². The summed E-state index contributed by atoms with van der Waals surface area (Å²) in [6.07, 6.45) is 32.2. The molecule has 8 rings (SSSR count). The molecule has 8 aliphatic carbocycles. The van der Waals surface area contributed by atoms with Crippen LogP contribution in [0.1, 0.15) is 197 Å². The first kappa shape index (κ1) is 42.5. The van der Waals surface area contributed by atoms with Crippen molar-refractivity contribution in [1.82, 2.24) is 9.80 Å². The zero-order chi connectivity index (χ0) is 39.5. The average molecular weight is 777 g/mol. The molecule has 0 saturated heterocycles. The quantitative estimate of drug-likeness (QED) is 0.245. The minimum absolute atomic E-state index is 0.371. The molecule has 0 aliphatic heterocycles. The second-order valence-corrected chi connectivity index (χ2v) is 24.6. The topological polar surface area (TPSA) is 24.9 Å². The van der Waals surface area contributed by atoms with E-state index in [0.29, 0.717) is 23.0 Å². The average Bonchev–Trinajstić information content (AvgIpc) is 3.18. The van der Waals surface area contributed by atoms with Crippen LogP contribution in [-0.4, -0.2) is 72.5 Å². The van der Waals surface area contributed by atoms with Gasteiger partial charge in [-0.15, -0.1) is 0 Å². The molecule has 0 spiro atoms. The Morgan fingerprint density at radius 1 is 0.375 bits per heavy atom. The van der Waals surface area contributed by atoms with Crippen molar-refractivity contribution >= 4 is 0 Å². The van der Waals surface area contributed by atoms with Crippen LogP contribution >= 0.6 is 0 Å². The van der Waals surface area contributed by atoms with Gasteiger partial charge >= 0.3 is 0 Å². The predicted molar refractivity (Wildman–Crippen MR) is 235 cm³/mol. The summed E-state index contributed by atoms with van der Waals surface area (Å²) < 4.78 is 12.0. The lowest BCUT2D eigenvalue weighted by molar-refractivity contribution is -0.196. The molecule has 4 nitrogen and oxygen atoms in total. The first-order valence-electron chi connectivity index (χ1n) is 25.4. The SMILES string of the molecule is COC1CCC(N(C2CCC(C)CC2)C2CC(C(C)(C)C)C3CCC4C5C(CCC2C35)C(C(C)(C)C)CC4N(C2CCC(C)CC2)C2CCC(OC)CC2)CC1.